The van der Waals surface area contributed by atoms with E-state index in [4.69, 9.17) is 0 Å². The molecule has 0 radical (unpaired) electrons. The molecular formula is C18H17F3O. The van der Waals surface area contributed by atoms with E-state index in [-0.39, 0.29) is 11.5 Å². The summed E-state index contributed by atoms with van der Waals surface area (Å²) >= 11 is 0. The molecular weight excluding hydrogens is 289 g/mol. The first-order valence-electron chi connectivity index (χ1n) is 7.26. The lowest BCUT2D eigenvalue weighted by molar-refractivity contribution is -0.138. The van der Waals surface area contributed by atoms with Gasteiger partial charge in [-0.1, -0.05) is 32.1 Å². The number of aromatic hydroxyl groups is 1. The van der Waals surface area contributed by atoms with E-state index >= 15 is 0 Å². The zero-order chi connectivity index (χ0) is 16.2. The summed E-state index contributed by atoms with van der Waals surface area (Å²) in [6.45, 7) is 6.02. The topological polar surface area (TPSA) is 20.2 Å². The van der Waals surface area contributed by atoms with Crippen molar-refractivity contribution in [2.24, 2.45) is 11.8 Å². The number of allylic oxidation sites excluding steroid dienone is 4. The Morgan fingerprint density at radius 2 is 1.91 bits per heavy atom. The second-order valence-corrected chi connectivity index (χ2v) is 6.24. The monoisotopic (exact) mass is 306 g/mol. The predicted octanol–water partition coefficient (Wildman–Crippen LogP) is 5.51. The lowest BCUT2D eigenvalue weighted by Gasteiger charge is -2.15. The molecule has 0 saturated heterocycles. The Morgan fingerprint density at radius 1 is 1.23 bits per heavy atom. The van der Waals surface area contributed by atoms with Crippen LogP contribution in [0.5, 0.6) is 5.75 Å². The average molecular weight is 306 g/mol. The van der Waals surface area contributed by atoms with Crippen LogP contribution in [0.15, 0.2) is 23.8 Å². The van der Waals surface area contributed by atoms with Crippen LogP contribution in [0.25, 0.3) is 17.7 Å². The van der Waals surface area contributed by atoms with Crippen LogP contribution in [-0.4, -0.2) is 5.11 Å². The fraction of sp³-hybridized carbons (Fsp3) is 0.333. The van der Waals surface area contributed by atoms with Gasteiger partial charge in [-0.3, -0.25) is 0 Å². The Hall–Kier alpha value is -1.97. The zero-order valence-corrected chi connectivity index (χ0v) is 12.6. The van der Waals surface area contributed by atoms with Gasteiger partial charge in [0, 0.05) is 5.56 Å². The van der Waals surface area contributed by atoms with E-state index in [0.717, 1.165) is 17.2 Å². The highest BCUT2D eigenvalue weighted by molar-refractivity contribution is 6.00. The van der Waals surface area contributed by atoms with Crippen LogP contribution in [0.4, 0.5) is 13.2 Å². The molecule has 116 valence electrons. The third-order valence-electron chi connectivity index (χ3n) is 4.36. The molecule has 0 spiro atoms. The van der Waals surface area contributed by atoms with Crippen molar-refractivity contribution in [2.45, 2.75) is 26.9 Å². The SMILES string of the molecule is CC1=Cc2c(O)c(C(F)(F)F)cc3c2C1=CC(C(C)C)C=C3. The zero-order valence-electron chi connectivity index (χ0n) is 12.6. The number of alkyl halides is 3. The molecule has 0 fully saturated rings. The number of phenols is 1. The molecule has 0 saturated carbocycles. The standard InChI is InChI=1S/C18H17F3O/c1-9(2)11-4-5-12-8-15(18(19,20)21)17(22)14-6-10(3)13(7-11)16(12)14/h4-9,11,22H,1-3H3. The van der Waals surface area contributed by atoms with Crippen molar-refractivity contribution in [1.82, 2.24) is 0 Å². The van der Waals surface area contributed by atoms with Crippen molar-refractivity contribution in [3.8, 4) is 5.75 Å². The van der Waals surface area contributed by atoms with Gasteiger partial charge in [0.15, 0.2) is 0 Å². The Bertz CT molecular complexity index is 734. The summed E-state index contributed by atoms with van der Waals surface area (Å²) in [5.41, 5.74) is 2.35. The molecule has 22 heavy (non-hydrogen) atoms. The van der Waals surface area contributed by atoms with E-state index in [9.17, 15) is 18.3 Å². The molecule has 0 aliphatic heterocycles. The highest BCUT2D eigenvalue weighted by Crippen LogP contribution is 2.49. The molecule has 2 aliphatic carbocycles. The van der Waals surface area contributed by atoms with Gasteiger partial charge in [-0.15, -0.1) is 0 Å². The summed E-state index contributed by atoms with van der Waals surface area (Å²) < 4.78 is 39.4. The number of halogens is 3. The van der Waals surface area contributed by atoms with Crippen LogP contribution in [0.2, 0.25) is 0 Å². The molecule has 1 nitrogen and oxygen atoms in total. The van der Waals surface area contributed by atoms with Crippen molar-refractivity contribution in [2.75, 3.05) is 0 Å². The molecule has 0 heterocycles. The quantitative estimate of drug-likeness (QED) is 0.725. The second-order valence-electron chi connectivity index (χ2n) is 6.24. The summed E-state index contributed by atoms with van der Waals surface area (Å²) in [6.07, 6.45) is 2.85. The molecule has 2 aliphatic rings. The van der Waals surface area contributed by atoms with Crippen molar-refractivity contribution < 1.29 is 18.3 Å². The lowest BCUT2D eigenvalue weighted by atomic mass is 9.91. The number of phenolic OH excluding ortho intramolecular Hbond substituents is 1. The summed E-state index contributed by atoms with van der Waals surface area (Å²) in [5, 5.41) is 10.1. The largest absolute Gasteiger partial charge is 0.507 e. The third-order valence-corrected chi connectivity index (χ3v) is 4.36. The predicted molar refractivity (Wildman–Crippen MR) is 82.1 cm³/mol. The van der Waals surface area contributed by atoms with Gasteiger partial charge in [-0.05, 0) is 53.2 Å². The summed E-state index contributed by atoms with van der Waals surface area (Å²) in [4.78, 5) is 0. The van der Waals surface area contributed by atoms with Gasteiger partial charge in [0.1, 0.15) is 5.75 Å². The molecule has 1 unspecified atom stereocenters. The van der Waals surface area contributed by atoms with Gasteiger partial charge in [-0.2, -0.15) is 13.2 Å². The van der Waals surface area contributed by atoms with E-state index in [1.807, 2.05) is 13.0 Å². The number of benzene rings is 1. The first-order chi connectivity index (χ1) is 10.2. The highest BCUT2D eigenvalue weighted by Gasteiger charge is 2.38. The number of rotatable bonds is 1. The molecule has 0 aromatic heterocycles. The van der Waals surface area contributed by atoms with Crippen molar-refractivity contribution in [3.05, 3.63) is 46.0 Å². The average Bonchev–Trinajstić information content (AvgIpc) is 2.62. The molecule has 0 bridgehead atoms. The summed E-state index contributed by atoms with van der Waals surface area (Å²) in [7, 11) is 0. The van der Waals surface area contributed by atoms with Crippen molar-refractivity contribution >= 4 is 17.7 Å². The van der Waals surface area contributed by atoms with E-state index in [1.165, 1.54) is 0 Å². The van der Waals surface area contributed by atoms with Crippen LogP contribution in [0, 0.1) is 11.8 Å². The smallest absolute Gasteiger partial charge is 0.419 e. The van der Waals surface area contributed by atoms with Gasteiger partial charge in [0.25, 0.3) is 0 Å². The maximum absolute atomic E-state index is 13.1. The molecule has 1 aromatic carbocycles. The Labute approximate surface area is 127 Å². The van der Waals surface area contributed by atoms with Crippen LogP contribution in [-0.2, 0) is 6.18 Å². The lowest BCUT2D eigenvalue weighted by Crippen LogP contribution is -2.07. The maximum Gasteiger partial charge on any atom is 0.419 e. The highest BCUT2D eigenvalue weighted by atomic mass is 19.4. The number of hydrogen-bond donors (Lipinski definition) is 1. The van der Waals surface area contributed by atoms with Crippen LogP contribution < -0.4 is 0 Å². The second kappa shape index (κ2) is 4.77. The van der Waals surface area contributed by atoms with Gasteiger partial charge in [-0.25, -0.2) is 0 Å². The van der Waals surface area contributed by atoms with Gasteiger partial charge >= 0.3 is 6.18 Å². The van der Waals surface area contributed by atoms with Gasteiger partial charge < -0.3 is 5.11 Å². The van der Waals surface area contributed by atoms with E-state index in [1.54, 1.807) is 12.2 Å². The third kappa shape index (κ3) is 2.18. The first kappa shape index (κ1) is 14.9. The fourth-order valence-corrected chi connectivity index (χ4v) is 3.09. The van der Waals surface area contributed by atoms with E-state index < -0.39 is 17.5 Å². The fourth-order valence-electron chi connectivity index (χ4n) is 3.09. The van der Waals surface area contributed by atoms with E-state index in [0.29, 0.717) is 17.0 Å². The van der Waals surface area contributed by atoms with Crippen LogP contribution in [0.3, 0.4) is 0 Å². The maximum atomic E-state index is 13.1. The molecule has 0 amide bonds. The molecule has 3 rings (SSSR count). The van der Waals surface area contributed by atoms with Crippen molar-refractivity contribution in [1.29, 1.82) is 0 Å². The molecule has 4 heteroatoms. The van der Waals surface area contributed by atoms with Crippen molar-refractivity contribution in [3.63, 3.8) is 0 Å². The van der Waals surface area contributed by atoms with Crippen LogP contribution >= 0.6 is 0 Å². The minimum atomic E-state index is -4.57. The molecule has 1 atom stereocenters. The summed E-state index contributed by atoms with van der Waals surface area (Å²) in [6, 6.07) is 1.05. The minimum absolute atomic E-state index is 0.160. The Kier molecular flexibility index (Phi) is 3.24. The van der Waals surface area contributed by atoms with Gasteiger partial charge in [0.05, 0.1) is 5.56 Å². The molecule has 1 N–H and O–H groups in total. The first-order valence-corrected chi connectivity index (χ1v) is 7.26. The molecule has 1 aromatic rings. The normalized spacial score (nSPS) is 19.9. The number of hydrogen-bond acceptors (Lipinski definition) is 1. The van der Waals surface area contributed by atoms with Gasteiger partial charge in [0.2, 0.25) is 0 Å². The minimum Gasteiger partial charge on any atom is -0.507 e. The summed E-state index contributed by atoms with van der Waals surface area (Å²) in [5.74, 6) is -0.163. The van der Waals surface area contributed by atoms with Crippen LogP contribution in [0.1, 0.15) is 43.0 Å². The van der Waals surface area contributed by atoms with E-state index in [2.05, 4.69) is 19.9 Å². The Balaban J connectivity index is 2.31. The Morgan fingerprint density at radius 3 is 2.50 bits per heavy atom.